The Hall–Kier alpha value is -2.68. The molecular weight excluding hydrogens is 246 g/mol. The van der Waals surface area contributed by atoms with E-state index in [1.54, 1.807) is 0 Å². The molecule has 3 heteroatoms. The Balaban J connectivity index is 1.94. The van der Waals surface area contributed by atoms with E-state index in [-0.39, 0.29) is 0 Å². The normalized spacial score (nSPS) is 11.2. The summed E-state index contributed by atoms with van der Waals surface area (Å²) < 4.78 is 2.19. The molecule has 0 unspecified atom stereocenters. The van der Waals surface area contributed by atoms with Gasteiger partial charge in [-0.1, -0.05) is 48.5 Å². The molecule has 0 fully saturated rings. The van der Waals surface area contributed by atoms with E-state index < -0.39 is 0 Å². The molecule has 0 saturated heterocycles. The van der Waals surface area contributed by atoms with Crippen LogP contribution in [-0.2, 0) is 6.54 Å². The first-order valence-electron chi connectivity index (χ1n) is 6.64. The lowest BCUT2D eigenvalue weighted by Crippen LogP contribution is -1.98. The average molecular weight is 259 g/mol. The molecule has 0 aliphatic carbocycles. The summed E-state index contributed by atoms with van der Waals surface area (Å²) in [6.45, 7) is 0.825. The summed E-state index contributed by atoms with van der Waals surface area (Å²) in [5.74, 6) is 0. The Bertz CT molecular complexity index is 878. The summed E-state index contributed by atoms with van der Waals surface area (Å²) >= 11 is 0. The Kier molecular flexibility index (Phi) is 2.49. The maximum atomic E-state index is 4.47. The van der Waals surface area contributed by atoms with Crippen molar-refractivity contribution in [1.29, 1.82) is 0 Å². The monoisotopic (exact) mass is 259 g/mol. The molecule has 0 saturated carbocycles. The lowest BCUT2D eigenvalue weighted by Gasteiger charge is -2.06. The first kappa shape index (κ1) is 11.2. The molecule has 0 aliphatic heterocycles. The van der Waals surface area contributed by atoms with Gasteiger partial charge in [0.05, 0.1) is 23.6 Å². The number of hydrogen-bond acceptors (Lipinski definition) is 2. The van der Waals surface area contributed by atoms with E-state index in [1.165, 1.54) is 5.56 Å². The van der Waals surface area contributed by atoms with Crippen molar-refractivity contribution in [2.75, 3.05) is 0 Å². The van der Waals surface area contributed by atoms with Gasteiger partial charge in [-0.15, -0.1) is 0 Å². The van der Waals surface area contributed by atoms with E-state index in [0.717, 1.165) is 28.5 Å². The van der Waals surface area contributed by atoms with E-state index in [9.17, 15) is 0 Å². The second-order valence-electron chi connectivity index (χ2n) is 4.87. The molecule has 0 radical (unpaired) electrons. The third kappa shape index (κ3) is 1.75. The number of para-hydroxylation sites is 1. The maximum absolute atomic E-state index is 4.47. The smallest absolute Gasteiger partial charge is 0.107 e. The third-order valence-electron chi connectivity index (χ3n) is 3.55. The van der Waals surface area contributed by atoms with Crippen LogP contribution in [0.5, 0.6) is 0 Å². The molecule has 3 nitrogen and oxygen atoms in total. The van der Waals surface area contributed by atoms with Crippen LogP contribution in [0.15, 0.2) is 67.1 Å². The van der Waals surface area contributed by atoms with Gasteiger partial charge in [-0.3, -0.25) is 4.98 Å². The topological polar surface area (TPSA) is 30.7 Å². The van der Waals surface area contributed by atoms with Gasteiger partial charge in [0.2, 0.25) is 0 Å². The van der Waals surface area contributed by atoms with Crippen molar-refractivity contribution in [1.82, 2.24) is 14.5 Å². The summed E-state index contributed by atoms with van der Waals surface area (Å²) in [5, 5.41) is 1.15. The molecule has 20 heavy (non-hydrogen) atoms. The minimum atomic E-state index is 0.825. The Morgan fingerprint density at radius 2 is 1.60 bits per heavy atom. The highest BCUT2D eigenvalue weighted by molar-refractivity contribution is 6.01. The summed E-state index contributed by atoms with van der Waals surface area (Å²) in [5.41, 5.74) is 4.38. The van der Waals surface area contributed by atoms with E-state index in [0.29, 0.717) is 0 Å². The van der Waals surface area contributed by atoms with E-state index in [4.69, 9.17) is 0 Å². The van der Waals surface area contributed by atoms with Gasteiger partial charge in [0, 0.05) is 11.9 Å². The minimum Gasteiger partial charge on any atom is -0.325 e. The maximum Gasteiger partial charge on any atom is 0.107 e. The zero-order valence-corrected chi connectivity index (χ0v) is 10.9. The van der Waals surface area contributed by atoms with Crippen LogP contribution in [0.3, 0.4) is 0 Å². The number of fused-ring (bicyclic) bond motifs is 3. The predicted octanol–water partition coefficient (Wildman–Crippen LogP) is 3.63. The van der Waals surface area contributed by atoms with Gasteiger partial charge in [0.15, 0.2) is 0 Å². The molecule has 0 amide bonds. The number of rotatable bonds is 2. The molecular formula is C17H13N3. The van der Waals surface area contributed by atoms with Gasteiger partial charge in [-0.05, 0) is 11.6 Å². The van der Waals surface area contributed by atoms with Crippen molar-refractivity contribution < 1.29 is 0 Å². The number of nitrogens with zero attached hydrogens (tertiary/aromatic N) is 3. The molecule has 0 N–H and O–H groups in total. The Labute approximate surface area is 116 Å². The predicted molar refractivity (Wildman–Crippen MR) is 80.6 cm³/mol. The quantitative estimate of drug-likeness (QED) is 0.550. The van der Waals surface area contributed by atoms with Crippen LogP contribution in [-0.4, -0.2) is 14.5 Å². The minimum absolute atomic E-state index is 0.825. The fraction of sp³-hybridized carbons (Fsp3) is 0.0588. The van der Waals surface area contributed by atoms with Crippen LogP contribution in [0.4, 0.5) is 0 Å². The Morgan fingerprint density at radius 1 is 0.800 bits per heavy atom. The third-order valence-corrected chi connectivity index (χ3v) is 3.55. The highest BCUT2D eigenvalue weighted by atomic mass is 15.0. The van der Waals surface area contributed by atoms with E-state index >= 15 is 0 Å². The van der Waals surface area contributed by atoms with Gasteiger partial charge in [0.25, 0.3) is 0 Å². The van der Waals surface area contributed by atoms with Gasteiger partial charge >= 0.3 is 0 Å². The molecule has 2 aromatic carbocycles. The van der Waals surface area contributed by atoms with Crippen LogP contribution in [0, 0.1) is 0 Å². The lowest BCUT2D eigenvalue weighted by atomic mass is 10.2. The standard InChI is InChI=1S/C17H13N3/c1-2-6-13(7-3-1)11-20-12-19-16-10-18-15-9-5-4-8-14(15)17(16)20/h1-10,12H,11H2. The molecule has 4 rings (SSSR count). The van der Waals surface area contributed by atoms with Crippen molar-refractivity contribution in [3.63, 3.8) is 0 Å². The van der Waals surface area contributed by atoms with Crippen molar-refractivity contribution >= 4 is 21.9 Å². The number of pyridine rings is 1. The molecule has 96 valence electrons. The molecule has 2 aromatic heterocycles. The molecule has 0 atom stereocenters. The molecule has 0 spiro atoms. The van der Waals surface area contributed by atoms with E-state index in [2.05, 4.69) is 44.9 Å². The molecule has 0 aliphatic rings. The van der Waals surface area contributed by atoms with E-state index in [1.807, 2.05) is 36.8 Å². The lowest BCUT2D eigenvalue weighted by molar-refractivity contribution is 0.827. The highest BCUT2D eigenvalue weighted by Crippen LogP contribution is 2.23. The summed E-state index contributed by atoms with van der Waals surface area (Å²) in [4.78, 5) is 8.92. The molecule has 4 aromatic rings. The first-order valence-corrected chi connectivity index (χ1v) is 6.64. The van der Waals surface area contributed by atoms with Crippen molar-refractivity contribution in [3.05, 3.63) is 72.7 Å². The SMILES string of the molecule is c1ccc(Cn2cnc3cnc4ccccc4c32)cc1. The average Bonchev–Trinajstić information content (AvgIpc) is 2.92. The van der Waals surface area contributed by atoms with Crippen LogP contribution >= 0.6 is 0 Å². The zero-order valence-electron chi connectivity index (χ0n) is 10.9. The van der Waals surface area contributed by atoms with Gasteiger partial charge in [0.1, 0.15) is 5.52 Å². The Morgan fingerprint density at radius 3 is 2.50 bits per heavy atom. The second-order valence-corrected chi connectivity index (χ2v) is 4.87. The first-order chi connectivity index (χ1) is 9.92. The summed E-state index contributed by atoms with van der Waals surface area (Å²) in [6, 6.07) is 18.6. The summed E-state index contributed by atoms with van der Waals surface area (Å²) in [7, 11) is 0. The number of aromatic nitrogens is 3. The van der Waals surface area contributed by atoms with Gasteiger partial charge < -0.3 is 4.57 Å². The van der Waals surface area contributed by atoms with Crippen molar-refractivity contribution in [2.24, 2.45) is 0 Å². The van der Waals surface area contributed by atoms with Crippen LogP contribution in [0.2, 0.25) is 0 Å². The summed E-state index contributed by atoms with van der Waals surface area (Å²) in [6.07, 6.45) is 3.74. The zero-order chi connectivity index (χ0) is 13.4. The number of benzene rings is 2. The largest absolute Gasteiger partial charge is 0.325 e. The fourth-order valence-corrected chi connectivity index (χ4v) is 2.60. The number of hydrogen-bond donors (Lipinski definition) is 0. The van der Waals surface area contributed by atoms with Crippen LogP contribution < -0.4 is 0 Å². The van der Waals surface area contributed by atoms with Gasteiger partial charge in [-0.2, -0.15) is 0 Å². The molecule has 0 bridgehead atoms. The van der Waals surface area contributed by atoms with Crippen LogP contribution in [0.1, 0.15) is 5.56 Å². The van der Waals surface area contributed by atoms with Crippen LogP contribution in [0.25, 0.3) is 21.9 Å². The van der Waals surface area contributed by atoms with Crippen molar-refractivity contribution in [2.45, 2.75) is 6.54 Å². The highest BCUT2D eigenvalue weighted by Gasteiger charge is 2.08. The number of imidazole rings is 1. The van der Waals surface area contributed by atoms with Gasteiger partial charge in [-0.25, -0.2) is 4.98 Å². The second kappa shape index (κ2) is 4.46. The van der Waals surface area contributed by atoms with Crippen molar-refractivity contribution in [3.8, 4) is 0 Å². The molecule has 2 heterocycles. The fourth-order valence-electron chi connectivity index (χ4n) is 2.60.